The van der Waals surface area contributed by atoms with Crippen molar-refractivity contribution >= 4 is 11.8 Å². The first-order valence-corrected chi connectivity index (χ1v) is 8.24. The lowest BCUT2D eigenvalue weighted by molar-refractivity contribution is 0.104. The molecule has 0 unspecified atom stereocenters. The Hall–Kier alpha value is -1.40. The number of likely N-dealkylation sites (tertiary alicyclic amines) is 1. The molecule has 0 aliphatic carbocycles. The Morgan fingerprint density at radius 1 is 1.18 bits per heavy atom. The van der Waals surface area contributed by atoms with Gasteiger partial charge in [-0.05, 0) is 33.2 Å². The number of piperidine rings is 1. The van der Waals surface area contributed by atoms with Crippen molar-refractivity contribution in [3.8, 4) is 0 Å². The maximum absolute atomic E-state index is 5.59. The summed E-state index contributed by atoms with van der Waals surface area (Å²) in [6, 6.07) is 2.30. The highest BCUT2D eigenvalue weighted by Crippen LogP contribution is 2.21. The first-order valence-electron chi connectivity index (χ1n) is 8.24. The Bertz CT molecular complexity index is 503. The predicted molar refractivity (Wildman–Crippen MR) is 88.5 cm³/mol. The minimum atomic E-state index is 0.207. The van der Waals surface area contributed by atoms with Crippen LogP contribution < -0.4 is 10.2 Å². The van der Waals surface area contributed by atoms with Crippen LogP contribution in [-0.4, -0.2) is 67.4 Å². The number of likely N-dealkylation sites (N-methyl/N-ethyl adjacent to an activating group) is 1. The molecule has 2 fully saturated rings. The molecule has 2 atom stereocenters. The number of ether oxygens (including phenoxy) is 1. The van der Waals surface area contributed by atoms with Crippen molar-refractivity contribution in [2.24, 2.45) is 0 Å². The van der Waals surface area contributed by atoms with E-state index < -0.39 is 0 Å². The van der Waals surface area contributed by atoms with Crippen molar-refractivity contribution in [3.63, 3.8) is 0 Å². The molecule has 0 radical (unpaired) electrons. The van der Waals surface area contributed by atoms with Gasteiger partial charge in [0.2, 0.25) is 5.95 Å². The van der Waals surface area contributed by atoms with Gasteiger partial charge in [-0.3, -0.25) is 0 Å². The van der Waals surface area contributed by atoms with E-state index in [1.54, 1.807) is 7.11 Å². The summed E-state index contributed by atoms with van der Waals surface area (Å²) in [5, 5.41) is 3.55. The molecular formula is C16H27N5O. The molecule has 22 heavy (non-hydrogen) atoms. The van der Waals surface area contributed by atoms with E-state index in [1.165, 1.54) is 19.3 Å². The number of rotatable bonds is 4. The lowest BCUT2D eigenvalue weighted by Crippen LogP contribution is -2.35. The van der Waals surface area contributed by atoms with E-state index in [0.717, 1.165) is 43.6 Å². The molecule has 6 nitrogen and oxygen atoms in total. The summed E-state index contributed by atoms with van der Waals surface area (Å²) in [7, 11) is 3.90. The van der Waals surface area contributed by atoms with Gasteiger partial charge < -0.3 is 19.9 Å². The highest BCUT2D eigenvalue weighted by Gasteiger charge is 2.31. The molecule has 3 rings (SSSR count). The van der Waals surface area contributed by atoms with Crippen LogP contribution in [0, 0.1) is 6.92 Å². The molecular weight excluding hydrogens is 278 g/mol. The number of aryl methyl sites for hydroxylation is 1. The van der Waals surface area contributed by atoms with Gasteiger partial charge in [-0.15, -0.1) is 0 Å². The fraction of sp³-hybridized carbons (Fsp3) is 0.750. The molecule has 3 heterocycles. The highest BCUT2D eigenvalue weighted by molar-refractivity contribution is 5.45. The third kappa shape index (κ3) is 3.50. The summed E-state index contributed by atoms with van der Waals surface area (Å²) in [5.41, 5.74) is 1.01. The minimum absolute atomic E-state index is 0.207. The van der Waals surface area contributed by atoms with E-state index in [4.69, 9.17) is 9.72 Å². The molecule has 1 aromatic rings. The molecule has 2 aliphatic heterocycles. The number of hydrogen-bond donors (Lipinski definition) is 1. The zero-order valence-electron chi connectivity index (χ0n) is 13.9. The van der Waals surface area contributed by atoms with E-state index in [0.29, 0.717) is 0 Å². The Balaban J connectivity index is 1.74. The zero-order chi connectivity index (χ0) is 15.5. The minimum Gasteiger partial charge on any atom is -0.378 e. The van der Waals surface area contributed by atoms with Crippen molar-refractivity contribution in [2.45, 2.75) is 38.3 Å². The van der Waals surface area contributed by atoms with Crippen molar-refractivity contribution in [1.82, 2.24) is 14.9 Å². The average molecular weight is 305 g/mol. The van der Waals surface area contributed by atoms with Crippen LogP contribution in [0.15, 0.2) is 6.07 Å². The van der Waals surface area contributed by atoms with Crippen LogP contribution in [0.25, 0.3) is 0 Å². The molecule has 0 saturated carbocycles. The summed E-state index contributed by atoms with van der Waals surface area (Å²) in [6.07, 6.45) is 3.99. The predicted octanol–water partition coefficient (Wildman–Crippen LogP) is 1.52. The van der Waals surface area contributed by atoms with Crippen LogP contribution >= 0.6 is 0 Å². The quantitative estimate of drug-likeness (QED) is 0.910. The Morgan fingerprint density at radius 2 is 1.95 bits per heavy atom. The van der Waals surface area contributed by atoms with Crippen LogP contribution in [0.3, 0.4) is 0 Å². The first kappa shape index (κ1) is 15.5. The number of hydrogen-bond acceptors (Lipinski definition) is 6. The SMILES string of the molecule is CO[C@H]1CN(C)C[C@@H]1Nc1cc(C)nc(N2CCCCC2)n1. The molecule has 0 spiro atoms. The second-order valence-corrected chi connectivity index (χ2v) is 6.49. The molecule has 1 N–H and O–H groups in total. The number of nitrogens with zero attached hydrogens (tertiary/aromatic N) is 4. The van der Waals surface area contributed by atoms with Crippen molar-refractivity contribution in [1.29, 1.82) is 0 Å². The Morgan fingerprint density at radius 3 is 2.68 bits per heavy atom. The van der Waals surface area contributed by atoms with Gasteiger partial charge in [0.15, 0.2) is 0 Å². The maximum Gasteiger partial charge on any atom is 0.227 e. The monoisotopic (exact) mass is 305 g/mol. The highest BCUT2D eigenvalue weighted by atomic mass is 16.5. The van der Waals surface area contributed by atoms with Gasteiger partial charge in [0, 0.05) is 45.0 Å². The molecule has 1 aromatic heterocycles. The van der Waals surface area contributed by atoms with Crippen LogP contribution in [0.2, 0.25) is 0 Å². The number of nitrogens with one attached hydrogen (secondary N) is 1. The van der Waals surface area contributed by atoms with Gasteiger partial charge in [-0.2, -0.15) is 4.98 Å². The summed E-state index contributed by atoms with van der Waals surface area (Å²) in [4.78, 5) is 13.9. The second-order valence-electron chi connectivity index (χ2n) is 6.49. The Labute approximate surface area is 132 Å². The fourth-order valence-electron chi connectivity index (χ4n) is 3.39. The van der Waals surface area contributed by atoms with Gasteiger partial charge in [0.25, 0.3) is 0 Å². The summed E-state index contributed by atoms with van der Waals surface area (Å²) >= 11 is 0. The van der Waals surface area contributed by atoms with Gasteiger partial charge >= 0.3 is 0 Å². The molecule has 6 heteroatoms. The largest absolute Gasteiger partial charge is 0.378 e. The molecule has 0 aromatic carbocycles. The van der Waals surface area contributed by atoms with Gasteiger partial charge in [0.05, 0.1) is 12.1 Å². The number of anilines is 2. The first-order chi connectivity index (χ1) is 10.7. The third-order valence-electron chi connectivity index (χ3n) is 4.57. The molecule has 2 saturated heterocycles. The van der Waals surface area contributed by atoms with E-state index in [1.807, 2.05) is 13.0 Å². The van der Waals surface area contributed by atoms with Gasteiger partial charge in [0.1, 0.15) is 5.82 Å². The van der Waals surface area contributed by atoms with Crippen LogP contribution in [0.4, 0.5) is 11.8 Å². The average Bonchev–Trinajstić information content (AvgIpc) is 2.87. The van der Waals surface area contributed by atoms with Gasteiger partial charge in [-0.25, -0.2) is 4.98 Å². The molecule has 122 valence electrons. The summed E-state index contributed by atoms with van der Waals surface area (Å²) in [6.45, 7) is 6.10. The lowest BCUT2D eigenvalue weighted by Gasteiger charge is -2.27. The summed E-state index contributed by atoms with van der Waals surface area (Å²) < 4.78 is 5.59. The fourth-order valence-corrected chi connectivity index (χ4v) is 3.39. The van der Waals surface area contributed by atoms with Crippen molar-refractivity contribution < 1.29 is 4.74 Å². The van der Waals surface area contributed by atoms with E-state index in [-0.39, 0.29) is 12.1 Å². The number of aromatic nitrogens is 2. The zero-order valence-corrected chi connectivity index (χ0v) is 13.9. The van der Waals surface area contributed by atoms with Crippen molar-refractivity contribution in [2.75, 3.05) is 50.6 Å². The molecule has 2 aliphatic rings. The maximum atomic E-state index is 5.59. The Kier molecular flexibility index (Phi) is 4.78. The van der Waals surface area contributed by atoms with Crippen LogP contribution in [0.1, 0.15) is 25.0 Å². The third-order valence-corrected chi connectivity index (χ3v) is 4.57. The number of methoxy groups -OCH3 is 1. The molecule has 0 bridgehead atoms. The van der Waals surface area contributed by atoms with E-state index in [2.05, 4.69) is 27.1 Å². The topological polar surface area (TPSA) is 53.5 Å². The van der Waals surface area contributed by atoms with Gasteiger partial charge in [-0.1, -0.05) is 0 Å². The van der Waals surface area contributed by atoms with E-state index >= 15 is 0 Å². The second kappa shape index (κ2) is 6.79. The van der Waals surface area contributed by atoms with E-state index in [9.17, 15) is 0 Å². The smallest absolute Gasteiger partial charge is 0.227 e. The molecule has 0 amide bonds. The standard InChI is InChI=1S/C16H27N5O/c1-12-9-15(18-13-10-20(2)11-14(13)22-3)19-16(17-12)21-7-5-4-6-8-21/h9,13-14H,4-8,10-11H2,1-3H3,(H,17,18,19)/t13-,14-/m0/s1. The lowest BCUT2D eigenvalue weighted by atomic mass is 10.1. The van der Waals surface area contributed by atoms with Crippen LogP contribution in [-0.2, 0) is 4.74 Å². The van der Waals surface area contributed by atoms with Crippen molar-refractivity contribution in [3.05, 3.63) is 11.8 Å². The normalized spacial score (nSPS) is 26.4. The van der Waals surface area contributed by atoms with Crippen LogP contribution in [0.5, 0.6) is 0 Å². The summed E-state index contributed by atoms with van der Waals surface area (Å²) in [5.74, 6) is 1.78.